The Kier molecular flexibility index (Phi) is 2.11. The number of nitrogens with two attached hydrogens (primary N) is 1. The highest BCUT2D eigenvalue weighted by Crippen LogP contribution is 2.19. The molecule has 54 valence electrons. The van der Waals surface area contributed by atoms with Crippen LogP contribution in [0.25, 0.3) is 0 Å². The Labute approximate surface area is 67.3 Å². The lowest BCUT2D eigenvalue weighted by molar-refractivity contribution is 0.397. The Bertz CT molecular complexity index is 239. The van der Waals surface area contributed by atoms with Gasteiger partial charge in [-0.1, -0.05) is 0 Å². The van der Waals surface area contributed by atoms with Gasteiger partial charge in [0.25, 0.3) is 0 Å². The van der Waals surface area contributed by atoms with Crippen molar-refractivity contribution in [1.82, 2.24) is 4.98 Å². The van der Waals surface area contributed by atoms with Crippen molar-refractivity contribution in [2.24, 2.45) is 0 Å². The van der Waals surface area contributed by atoms with Crippen molar-refractivity contribution < 1.29 is 4.74 Å². The zero-order valence-corrected chi connectivity index (χ0v) is 7.05. The molecule has 0 fully saturated rings. The number of ether oxygens (including phenoxy) is 1. The number of nitrogens with zero attached hydrogens (tertiary/aromatic N) is 1. The van der Waals surface area contributed by atoms with E-state index in [1.165, 1.54) is 0 Å². The topological polar surface area (TPSA) is 48.1 Å². The van der Waals surface area contributed by atoms with Gasteiger partial charge in [-0.2, -0.15) is 0 Å². The summed E-state index contributed by atoms with van der Waals surface area (Å²) >= 11 is 3.17. The zero-order chi connectivity index (χ0) is 7.56. The van der Waals surface area contributed by atoms with Crippen LogP contribution in [0.15, 0.2) is 16.7 Å². The van der Waals surface area contributed by atoms with Gasteiger partial charge in [0.1, 0.15) is 4.60 Å². The van der Waals surface area contributed by atoms with E-state index in [1.807, 2.05) is 0 Å². The molecule has 3 nitrogen and oxygen atoms in total. The molecular formula is C6H7BrN2O. The number of nitrogen functional groups attached to an aromatic ring is 1. The van der Waals surface area contributed by atoms with E-state index in [-0.39, 0.29) is 0 Å². The van der Waals surface area contributed by atoms with Gasteiger partial charge >= 0.3 is 0 Å². The van der Waals surface area contributed by atoms with E-state index >= 15 is 0 Å². The van der Waals surface area contributed by atoms with Crippen LogP contribution in [0.4, 0.5) is 5.69 Å². The van der Waals surface area contributed by atoms with Crippen LogP contribution in [0.5, 0.6) is 5.88 Å². The van der Waals surface area contributed by atoms with E-state index in [1.54, 1.807) is 19.2 Å². The SMILES string of the molecule is COc1ccc(N)c(Br)n1. The monoisotopic (exact) mass is 202 g/mol. The minimum atomic E-state index is 0.557. The first-order chi connectivity index (χ1) is 4.74. The summed E-state index contributed by atoms with van der Waals surface area (Å²) in [4.78, 5) is 3.96. The van der Waals surface area contributed by atoms with Crippen LogP contribution >= 0.6 is 15.9 Å². The molecule has 2 N–H and O–H groups in total. The number of hydrogen-bond acceptors (Lipinski definition) is 3. The minimum absolute atomic E-state index is 0.557. The molecule has 0 aliphatic rings. The first kappa shape index (κ1) is 7.34. The van der Waals surface area contributed by atoms with Crippen LogP contribution in [0.1, 0.15) is 0 Å². The second-order valence-electron chi connectivity index (χ2n) is 1.73. The fraction of sp³-hybridized carbons (Fsp3) is 0.167. The van der Waals surface area contributed by atoms with Gasteiger partial charge in [0.15, 0.2) is 0 Å². The van der Waals surface area contributed by atoms with Crippen LogP contribution in [0.2, 0.25) is 0 Å². The molecule has 0 aliphatic carbocycles. The molecule has 0 aromatic carbocycles. The van der Waals surface area contributed by atoms with E-state index < -0.39 is 0 Å². The summed E-state index contributed by atoms with van der Waals surface area (Å²) in [6, 6.07) is 3.44. The third-order valence-corrected chi connectivity index (χ3v) is 1.70. The summed E-state index contributed by atoms with van der Waals surface area (Å²) in [6.45, 7) is 0. The number of halogens is 1. The van der Waals surface area contributed by atoms with Crippen molar-refractivity contribution in [3.8, 4) is 5.88 Å². The zero-order valence-electron chi connectivity index (χ0n) is 5.47. The summed E-state index contributed by atoms with van der Waals surface area (Å²) in [5.41, 5.74) is 6.09. The largest absolute Gasteiger partial charge is 0.481 e. The van der Waals surface area contributed by atoms with Gasteiger partial charge in [0.2, 0.25) is 5.88 Å². The first-order valence-corrected chi connectivity index (χ1v) is 3.49. The minimum Gasteiger partial charge on any atom is -0.481 e. The van der Waals surface area contributed by atoms with Crippen molar-refractivity contribution in [3.05, 3.63) is 16.7 Å². The Morgan fingerprint density at radius 1 is 1.60 bits per heavy atom. The molecule has 0 radical (unpaired) electrons. The van der Waals surface area contributed by atoms with Gasteiger partial charge in [0.05, 0.1) is 12.8 Å². The Morgan fingerprint density at radius 3 is 2.80 bits per heavy atom. The Hall–Kier alpha value is -0.770. The molecule has 10 heavy (non-hydrogen) atoms. The van der Waals surface area contributed by atoms with Gasteiger partial charge in [-0.3, -0.25) is 0 Å². The number of rotatable bonds is 1. The standard InChI is InChI=1S/C6H7BrN2O/c1-10-5-3-2-4(8)6(7)9-5/h2-3H,8H2,1H3. The van der Waals surface area contributed by atoms with Crippen molar-refractivity contribution in [2.75, 3.05) is 12.8 Å². The third-order valence-electron chi connectivity index (χ3n) is 1.06. The summed E-state index contributed by atoms with van der Waals surface area (Å²) < 4.78 is 5.47. The molecular weight excluding hydrogens is 196 g/mol. The Balaban J connectivity index is 3.04. The van der Waals surface area contributed by atoms with Crippen LogP contribution in [0, 0.1) is 0 Å². The van der Waals surface area contributed by atoms with E-state index in [0.717, 1.165) is 0 Å². The maximum absolute atomic E-state index is 5.48. The fourth-order valence-corrected chi connectivity index (χ4v) is 0.849. The molecule has 1 heterocycles. The van der Waals surface area contributed by atoms with Crippen molar-refractivity contribution in [1.29, 1.82) is 0 Å². The van der Waals surface area contributed by atoms with Crippen molar-refractivity contribution in [3.63, 3.8) is 0 Å². The van der Waals surface area contributed by atoms with E-state index in [4.69, 9.17) is 10.5 Å². The highest BCUT2D eigenvalue weighted by atomic mass is 79.9. The van der Waals surface area contributed by atoms with Gasteiger partial charge in [-0.15, -0.1) is 0 Å². The molecule has 0 bridgehead atoms. The predicted octanol–water partition coefficient (Wildman–Crippen LogP) is 1.43. The molecule has 0 aliphatic heterocycles. The number of anilines is 1. The van der Waals surface area contributed by atoms with Crippen LogP contribution in [-0.2, 0) is 0 Å². The van der Waals surface area contributed by atoms with E-state index in [0.29, 0.717) is 16.2 Å². The lowest BCUT2D eigenvalue weighted by Gasteiger charge is -1.99. The fourth-order valence-electron chi connectivity index (χ4n) is 0.542. The second kappa shape index (κ2) is 2.88. The molecule has 0 unspecified atom stereocenters. The average Bonchev–Trinajstić information content (AvgIpc) is 1.95. The normalized spacial score (nSPS) is 9.40. The van der Waals surface area contributed by atoms with Gasteiger partial charge in [0, 0.05) is 6.07 Å². The van der Waals surface area contributed by atoms with Crippen LogP contribution in [-0.4, -0.2) is 12.1 Å². The lowest BCUT2D eigenvalue weighted by Crippen LogP contribution is -1.92. The van der Waals surface area contributed by atoms with Gasteiger partial charge in [-0.25, -0.2) is 4.98 Å². The maximum atomic E-state index is 5.48. The lowest BCUT2D eigenvalue weighted by atomic mass is 10.4. The third kappa shape index (κ3) is 1.39. The number of pyridine rings is 1. The molecule has 1 rings (SSSR count). The molecule has 1 aromatic heterocycles. The van der Waals surface area contributed by atoms with Gasteiger partial charge < -0.3 is 10.5 Å². The van der Waals surface area contributed by atoms with Crippen molar-refractivity contribution >= 4 is 21.6 Å². The quantitative estimate of drug-likeness (QED) is 0.702. The summed E-state index contributed by atoms with van der Waals surface area (Å²) in [7, 11) is 1.56. The smallest absolute Gasteiger partial charge is 0.214 e. The molecule has 0 amide bonds. The van der Waals surface area contributed by atoms with E-state index in [2.05, 4.69) is 20.9 Å². The molecule has 1 aromatic rings. The van der Waals surface area contributed by atoms with Gasteiger partial charge in [-0.05, 0) is 22.0 Å². The maximum Gasteiger partial charge on any atom is 0.214 e. The molecule has 0 saturated carbocycles. The Morgan fingerprint density at radius 2 is 2.30 bits per heavy atom. The molecule has 4 heteroatoms. The first-order valence-electron chi connectivity index (χ1n) is 2.70. The predicted molar refractivity (Wildman–Crippen MR) is 42.9 cm³/mol. The second-order valence-corrected chi connectivity index (χ2v) is 2.48. The summed E-state index contributed by atoms with van der Waals surface area (Å²) in [5.74, 6) is 0.557. The summed E-state index contributed by atoms with van der Waals surface area (Å²) in [6.07, 6.45) is 0. The van der Waals surface area contributed by atoms with Crippen molar-refractivity contribution in [2.45, 2.75) is 0 Å². The molecule has 0 spiro atoms. The van der Waals surface area contributed by atoms with Crippen LogP contribution in [0.3, 0.4) is 0 Å². The number of methoxy groups -OCH3 is 1. The van der Waals surface area contributed by atoms with Crippen LogP contribution < -0.4 is 10.5 Å². The summed E-state index contributed by atoms with van der Waals surface area (Å²) in [5, 5.41) is 0. The number of aromatic nitrogens is 1. The molecule has 0 atom stereocenters. The molecule has 0 saturated heterocycles. The number of hydrogen-bond donors (Lipinski definition) is 1. The highest BCUT2D eigenvalue weighted by Gasteiger charge is 1.97. The average molecular weight is 203 g/mol. The van der Waals surface area contributed by atoms with E-state index in [9.17, 15) is 0 Å². The highest BCUT2D eigenvalue weighted by molar-refractivity contribution is 9.10.